The zero-order valence-corrected chi connectivity index (χ0v) is 12.2. The van der Waals surface area contributed by atoms with E-state index in [2.05, 4.69) is 10.6 Å². The van der Waals surface area contributed by atoms with Crippen molar-refractivity contribution in [1.82, 2.24) is 10.6 Å². The largest absolute Gasteiger partial charge is 0.548 e. The van der Waals surface area contributed by atoms with Crippen LogP contribution >= 0.6 is 0 Å². The summed E-state index contributed by atoms with van der Waals surface area (Å²) >= 11 is 0. The summed E-state index contributed by atoms with van der Waals surface area (Å²) in [6.45, 7) is 3.93. The van der Waals surface area contributed by atoms with E-state index in [-0.39, 0.29) is 18.3 Å². The number of carboxylic acid groups (broad SMARTS) is 1. The molecule has 5 nitrogen and oxygen atoms in total. The second-order valence-electron chi connectivity index (χ2n) is 5.24. The van der Waals surface area contributed by atoms with Gasteiger partial charge in [-0.05, 0) is 30.4 Å². The Balaban J connectivity index is 2.39. The first kappa shape index (κ1) is 16.9. The molecule has 0 radical (unpaired) electrons. The summed E-state index contributed by atoms with van der Waals surface area (Å²) in [5.41, 5.74) is 0.497. The number of benzene rings is 1. The van der Waals surface area contributed by atoms with Crippen LogP contribution in [0.4, 0.5) is 9.18 Å². The van der Waals surface area contributed by atoms with Crippen molar-refractivity contribution in [2.24, 2.45) is 5.92 Å². The maximum absolute atomic E-state index is 13.4. The van der Waals surface area contributed by atoms with E-state index in [9.17, 15) is 19.1 Å². The molecule has 1 aromatic rings. The standard InChI is InChI=1S/C15H21FN2O3/c1-10(2)9-13(14(19)20)18-15(21)17-8-7-11-5-3-4-6-12(11)16/h3-6,10,13H,7-9H2,1-2H3,(H,19,20)(H2,17,18,21)/p-1/t13-/m0/s1. The van der Waals surface area contributed by atoms with Gasteiger partial charge in [-0.1, -0.05) is 32.0 Å². The molecule has 0 bridgehead atoms. The number of carbonyl (C=O) groups excluding carboxylic acids is 2. The third-order valence-electron chi connectivity index (χ3n) is 2.93. The van der Waals surface area contributed by atoms with E-state index < -0.39 is 18.0 Å². The van der Waals surface area contributed by atoms with Crippen LogP contribution in [0.3, 0.4) is 0 Å². The quantitative estimate of drug-likeness (QED) is 0.782. The highest BCUT2D eigenvalue weighted by atomic mass is 19.1. The Labute approximate surface area is 123 Å². The molecule has 0 heterocycles. The number of amides is 2. The maximum atomic E-state index is 13.4. The molecular formula is C15H20FN2O3-. The zero-order chi connectivity index (χ0) is 15.8. The lowest BCUT2D eigenvalue weighted by atomic mass is 10.0. The van der Waals surface area contributed by atoms with Gasteiger partial charge in [0, 0.05) is 6.54 Å². The Morgan fingerprint density at radius 3 is 2.52 bits per heavy atom. The number of aliphatic carboxylic acids is 1. The van der Waals surface area contributed by atoms with Gasteiger partial charge >= 0.3 is 6.03 Å². The van der Waals surface area contributed by atoms with Crippen molar-refractivity contribution in [3.8, 4) is 0 Å². The van der Waals surface area contributed by atoms with E-state index >= 15 is 0 Å². The fourth-order valence-corrected chi connectivity index (χ4v) is 1.91. The lowest BCUT2D eigenvalue weighted by Gasteiger charge is -2.21. The minimum Gasteiger partial charge on any atom is -0.548 e. The highest BCUT2D eigenvalue weighted by Gasteiger charge is 2.14. The van der Waals surface area contributed by atoms with E-state index in [0.29, 0.717) is 18.4 Å². The first-order valence-corrected chi connectivity index (χ1v) is 6.88. The number of nitrogens with one attached hydrogen (secondary N) is 2. The van der Waals surface area contributed by atoms with Crippen LogP contribution in [0.25, 0.3) is 0 Å². The van der Waals surface area contributed by atoms with Gasteiger partial charge in [0.1, 0.15) is 5.82 Å². The van der Waals surface area contributed by atoms with E-state index in [1.54, 1.807) is 18.2 Å². The fourth-order valence-electron chi connectivity index (χ4n) is 1.91. The number of rotatable bonds is 7. The first-order valence-electron chi connectivity index (χ1n) is 6.88. The van der Waals surface area contributed by atoms with Crippen LogP contribution in [-0.4, -0.2) is 24.6 Å². The Bertz CT molecular complexity index is 492. The predicted octanol–water partition coefficient (Wildman–Crippen LogP) is 0.832. The van der Waals surface area contributed by atoms with Crippen LogP contribution in [0.2, 0.25) is 0 Å². The highest BCUT2D eigenvalue weighted by Crippen LogP contribution is 2.06. The molecule has 2 N–H and O–H groups in total. The van der Waals surface area contributed by atoms with Crippen molar-refractivity contribution in [3.63, 3.8) is 0 Å². The van der Waals surface area contributed by atoms with Gasteiger partial charge in [-0.2, -0.15) is 0 Å². The predicted molar refractivity (Wildman–Crippen MR) is 74.9 cm³/mol. The van der Waals surface area contributed by atoms with Crippen molar-refractivity contribution in [2.75, 3.05) is 6.54 Å². The number of hydrogen-bond donors (Lipinski definition) is 2. The Morgan fingerprint density at radius 1 is 1.29 bits per heavy atom. The minimum atomic E-state index is -1.31. The molecular weight excluding hydrogens is 275 g/mol. The summed E-state index contributed by atoms with van der Waals surface area (Å²) in [6, 6.07) is 4.67. The third-order valence-corrected chi connectivity index (χ3v) is 2.93. The van der Waals surface area contributed by atoms with Gasteiger partial charge in [-0.15, -0.1) is 0 Å². The molecule has 0 aliphatic heterocycles. The maximum Gasteiger partial charge on any atom is 0.315 e. The molecule has 21 heavy (non-hydrogen) atoms. The van der Waals surface area contributed by atoms with Gasteiger partial charge in [0.2, 0.25) is 0 Å². The number of carbonyl (C=O) groups is 2. The molecule has 0 spiro atoms. The second kappa shape index (κ2) is 8.24. The number of carboxylic acids is 1. The summed E-state index contributed by atoms with van der Waals surface area (Å²) in [5, 5.41) is 15.8. The van der Waals surface area contributed by atoms with Crippen molar-refractivity contribution < 1.29 is 19.1 Å². The van der Waals surface area contributed by atoms with Crippen molar-refractivity contribution in [1.29, 1.82) is 0 Å². The number of halogens is 1. The molecule has 0 aliphatic carbocycles. The lowest BCUT2D eigenvalue weighted by molar-refractivity contribution is -0.308. The van der Waals surface area contributed by atoms with E-state index in [1.165, 1.54) is 6.07 Å². The number of urea groups is 1. The van der Waals surface area contributed by atoms with Gasteiger partial charge < -0.3 is 20.5 Å². The fraction of sp³-hybridized carbons (Fsp3) is 0.467. The van der Waals surface area contributed by atoms with Crippen LogP contribution in [0.1, 0.15) is 25.8 Å². The Kier molecular flexibility index (Phi) is 6.65. The molecule has 0 fully saturated rings. The summed E-state index contributed by atoms with van der Waals surface area (Å²) in [5.74, 6) is -1.52. The molecule has 0 unspecified atom stereocenters. The number of hydrogen-bond acceptors (Lipinski definition) is 3. The molecule has 1 aromatic carbocycles. The molecule has 0 aliphatic rings. The van der Waals surface area contributed by atoms with E-state index in [4.69, 9.17) is 0 Å². The summed E-state index contributed by atoms with van der Waals surface area (Å²) in [4.78, 5) is 22.5. The van der Waals surface area contributed by atoms with Crippen molar-refractivity contribution >= 4 is 12.0 Å². The van der Waals surface area contributed by atoms with Gasteiger partial charge in [0.05, 0.1) is 12.0 Å². The summed E-state index contributed by atoms with van der Waals surface area (Å²) < 4.78 is 13.4. The van der Waals surface area contributed by atoms with Crippen LogP contribution in [-0.2, 0) is 11.2 Å². The van der Waals surface area contributed by atoms with Crippen LogP contribution in [0.15, 0.2) is 24.3 Å². The Hall–Kier alpha value is -2.11. The smallest absolute Gasteiger partial charge is 0.315 e. The molecule has 1 atom stereocenters. The average molecular weight is 295 g/mol. The second-order valence-corrected chi connectivity index (χ2v) is 5.24. The monoisotopic (exact) mass is 295 g/mol. The lowest BCUT2D eigenvalue weighted by Crippen LogP contribution is -2.51. The molecule has 0 saturated carbocycles. The molecule has 0 saturated heterocycles. The van der Waals surface area contributed by atoms with Crippen LogP contribution in [0.5, 0.6) is 0 Å². The Morgan fingerprint density at radius 2 is 1.95 bits per heavy atom. The van der Waals surface area contributed by atoms with Gasteiger partial charge in [-0.3, -0.25) is 0 Å². The highest BCUT2D eigenvalue weighted by molar-refractivity contribution is 5.81. The van der Waals surface area contributed by atoms with Crippen molar-refractivity contribution in [3.05, 3.63) is 35.6 Å². The van der Waals surface area contributed by atoms with Crippen molar-refractivity contribution in [2.45, 2.75) is 32.7 Å². The van der Waals surface area contributed by atoms with E-state index in [1.807, 2.05) is 13.8 Å². The SMILES string of the molecule is CC(C)C[C@H](NC(=O)NCCc1ccccc1F)C(=O)[O-]. The summed E-state index contributed by atoms with van der Waals surface area (Å²) in [7, 11) is 0. The van der Waals surface area contributed by atoms with Gasteiger partial charge in [0.15, 0.2) is 0 Å². The molecule has 116 valence electrons. The molecule has 6 heteroatoms. The van der Waals surface area contributed by atoms with Gasteiger partial charge in [0.25, 0.3) is 0 Å². The summed E-state index contributed by atoms with van der Waals surface area (Å²) in [6.07, 6.45) is 0.628. The average Bonchev–Trinajstić information content (AvgIpc) is 2.39. The third kappa shape index (κ3) is 6.25. The molecule has 2 amide bonds. The van der Waals surface area contributed by atoms with E-state index in [0.717, 1.165) is 0 Å². The minimum absolute atomic E-state index is 0.117. The van der Waals surface area contributed by atoms with Crippen LogP contribution < -0.4 is 15.7 Å². The topological polar surface area (TPSA) is 81.3 Å². The molecule has 0 aromatic heterocycles. The molecule has 1 rings (SSSR count). The van der Waals surface area contributed by atoms with Crippen LogP contribution in [0, 0.1) is 11.7 Å². The first-order chi connectivity index (χ1) is 9.90. The van der Waals surface area contributed by atoms with Gasteiger partial charge in [-0.25, -0.2) is 9.18 Å². The zero-order valence-electron chi connectivity index (χ0n) is 12.2. The normalized spacial score (nSPS) is 12.0.